The molecule has 0 atom stereocenters. The Balaban J connectivity index is 2.02. The van der Waals surface area contributed by atoms with Crippen LogP contribution in [0.25, 0.3) is 0 Å². The van der Waals surface area contributed by atoms with Gasteiger partial charge in [-0.05, 0) is 43.7 Å². The zero-order valence-electron chi connectivity index (χ0n) is 16.3. The first-order chi connectivity index (χ1) is 13.3. The van der Waals surface area contributed by atoms with Gasteiger partial charge in [0.15, 0.2) is 0 Å². The number of amidine groups is 1. The minimum absolute atomic E-state index is 0.195. The molecule has 0 unspecified atom stereocenters. The maximum Gasteiger partial charge on any atom is 0.283 e. The molecule has 0 aromatic heterocycles. The van der Waals surface area contributed by atoms with Crippen LogP contribution in [0.3, 0.4) is 0 Å². The highest BCUT2D eigenvalue weighted by molar-refractivity contribution is 7.90. The number of anilines is 1. The van der Waals surface area contributed by atoms with E-state index in [-0.39, 0.29) is 4.90 Å². The quantitative estimate of drug-likeness (QED) is 0.464. The van der Waals surface area contributed by atoms with Crippen LogP contribution in [-0.2, 0) is 16.4 Å². The Kier molecular flexibility index (Phi) is 5.95. The number of likely N-dealkylation sites (N-methyl/N-ethyl adjacent to an activating group) is 1. The normalized spacial score (nSPS) is 12.0. The molecule has 144 valence electrons. The van der Waals surface area contributed by atoms with Crippen LogP contribution in [-0.4, -0.2) is 21.3 Å². The number of nitrogens with zero attached hydrogens (tertiary/aromatic N) is 2. The second-order valence-corrected chi connectivity index (χ2v) is 8.46. The topological polar surface area (TPSA) is 49.7 Å². The highest BCUT2D eigenvalue weighted by Gasteiger charge is 2.18. The smallest absolute Gasteiger partial charge is 0.283 e. The van der Waals surface area contributed by atoms with Gasteiger partial charge in [-0.2, -0.15) is 8.42 Å². The molecular formula is C23H24N2O2S. The predicted molar refractivity (Wildman–Crippen MR) is 116 cm³/mol. The Morgan fingerprint density at radius 1 is 0.821 bits per heavy atom. The van der Waals surface area contributed by atoms with Crippen molar-refractivity contribution in [3.63, 3.8) is 0 Å². The molecule has 0 saturated carbocycles. The first-order valence-electron chi connectivity index (χ1n) is 9.10. The molecule has 0 radical (unpaired) electrons. The average Bonchev–Trinajstić information content (AvgIpc) is 2.68. The van der Waals surface area contributed by atoms with Gasteiger partial charge >= 0.3 is 0 Å². The molecular weight excluding hydrogens is 368 g/mol. The molecule has 0 fully saturated rings. The predicted octanol–water partition coefficient (Wildman–Crippen LogP) is 4.77. The summed E-state index contributed by atoms with van der Waals surface area (Å²) < 4.78 is 30.1. The van der Waals surface area contributed by atoms with E-state index in [1.165, 1.54) is 0 Å². The zero-order valence-corrected chi connectivity index (χ0v) is 17.1. The second-order valence-electron chi connectivity index (χ2n) is 6.85. The number of benzene rings is 3. The van der Waals surface area contributed by atoms with E-state index in [1.807, 2.05) is 80.4 Å². The molecule has 0 bridgehead atoms. The summed E-state index contributed by atoms with van der Waals surface area (Å²) in [7, 11) is -1.97. The second kappa shape index (κ2) is 8.40. The van der Waals surface area contributed by atoms with Crippen LogP contribution in [0, 0.1) is 13.8 Å². The van der Waals surface area contributed by atoms with Gasteiger partial charge in [0, 0.05) is 19.2 Å². The molecule has 0 heterocycles. The molecule has 0 N–H and O–H groups in total. The number of sulfonamides is 1. The van der Waals surface area contributed by atoms with Crippen LogP contribution in [0.2, 0.25) is 0 Å². The van der Waals surface area contributed by atoms with E-state index in [4.69, 9.17) is 0 Å². The number of rotatable bonds is 5. The van der Waals surface area contributed by atoms with Gasteiger partial charge in [0.05, 0.1) is 4.90 Å². The molecule has 4 nitrogen and oxygen atoms in total. The summed E-state index contributed by atoms with van der Waals surface area (Å²) in [4.78, 5) is 2.03. The Morgan fingerprint density at radius 3 is 1.93 bits per heavy atom. The van der Waals surface area contributed by atoms with Crippen molar-refractivity contribution in [3.05, 3.63) is 95.6 Å². The molecule has 3 aromatic carbocycles. The van der Waals surface area contributed by atoms with E-state index in [2.05, 4.69) is 4.40 Å². The molecule has 0 saturated heterocycles. The molecule has 0 amide bonds. The van der Waals surface area contributed by atoms with Gasteiger partial charge in [-0.1, -0.05) is 65.7 Å². The van der Waals surface area contributed by atoms with Crippen molar-refractivity contribution in [1.82, 2.24) is 0 Å². The summed E-state index contributed by atoms with van der Waals surface area (Å²) in [6.45, 7) is 3.94. The van der Waals surface area contributed by atoms with E-state index in [0.29, 0.717) is 12.3 Å². The molecule has 28 heavy (non-hydrogen) atoms. The van der Waals surface area contributed by atoms with Crippen LogP contribution in [0.1, 0.15) is 16.7 Å². The van der Waals surface area contributed by atoms with E-state index < -0.39 is 10.0 Å². The molecule has 0 spiro atoms. The summed E-state index contributed by atoms with van der Waals surface area (Å²) in [6.07, 6.45) is 0.413. The highest BCUT2D eigenvalue weighted by atomic mass is 32.2. The van der Waals surface area contributed by atoms with Gasteiger partial charge in [0.25, 0.3) is 10.0 Å². The summed E-state index contributed by atoms with van der Waals surface area (Å²) in [5.74, 6) is 0.468. The number of aryl methyl sites for hydroxylation is 2. The van der Waals surface area contributed by atoms with E-state index in [1.54, 1.807) is 24.3 Å². The molecule has 5 heteroatoms. The maximum atomic E-state index is 12.9. The standard InChI is InChI=1S/C23H24N2O2S/c1-18-9-13-21(14-10-18)25(3)23(17-20-7-5-4-6-8-20)24-28(26,27)22-15-11-19(2)12-16-22/h4-16H,17H2,1-3H3/b24-23-. The maximum absolute atomic E-state index is 12.9. The van der Waals surface area contributed by atoms with Gasteiger partial charge in [0.1, 0.15) is 5.84 Å². The molecule has 0 aliphatic rings. The van der Waals surface area contributed by atoms with E-state index in [0.717, 1.165) is 22.4 Å². The van der Waals surface area contributed by atoms with Crippen LogP contribution < -0.4 is 4.90 Å². The van der Waals surface area contributed by atoms with Crippen molar-refractivity contribution in [1.29, 1.82) is 0 Å². The van der Waals surface area contributed by atoms with Gasteiger partial charge < -0.3 is 4.90 Å². The fraction of sp³-hybridized carbons (Fsp3) is 0.174. The monoisotopic (exact) mass is 392 g/mol. The lowest BCUT2D eigenvalue weighted by atomic mass is 10.1. The molecule has 0 aliphatic heterocycles. The first kappa shape index (κ1) is 19.8. The number of hydrogen-bond acceptors (Lipinski definition) is 2. The van der Waals surface area contributed by atoms with Gasteiger partial charge in [-0.15, -0.1) is 4.40 Å². The van der Waals surface area contributed by atoms with Crippen LogP contribution in [0.4, 0.5) is 5.69 Å². The van der Waals surface area contributed by atoms with Crippen molar-refractivity contribution < 1.29 is 8.42 Å². The Morgan fingerprint density at radius 2 is 1.36 bits per heavy atom. The van der Waals surface area contributed by atoms with Gasteiger partial charge in [-0.25, -0.2) is 0 Å². The average molecular weight is 393 g/mol. The summed E-state index contributed by atoms with van der Waals surface area (Å²) in [5, 5.41) is 0. The largest absolute Gasteiger partial charge is 0.332 e. The van der Waals surface area contributed by atoms with Crippen molar-refractivity contribution in [2.75, 3.05) is 11.9 Å². The lowest BCUT2D eigenvalue weighted by Crippen LogP contribution is -2.29. The number of hydrogen-bond donors (Lipinski definition) is 0. The third kappa shape index (κ3) is 4.87. The van der Waals surface area contributed by atoms with E-state index in [9.17, 15) is 8.42 Å². The first-order valence-corrected chi connectivity index (χ1v) is 10.5. The zero-order chi connectivity index (χ0) is 20.1. The van der Waals surface area contributed by atoms with Crippen molar-refractivity contribution >= 4 is 21.5 Å². The summed E-state index contributed by atoms with van der Waals surface area (Å²) in [5.41, 5.74) is 4.04. The lowest BCUT2D eigenvalue weighted by Gasteiger charge is -2.22. The van der Waals surface area contributed by atoms with Crippen LogP contribution >= 0.6 is 0 Å². The fourth-order valence-corrected chi connectivity index (χ4v) is 3.86. The fourth-order valence-electron chi connectivity index (χ4n) is 2.81. The van der Waals surface area contributed by atoms with Crippen molar-refractivity contribution in [2.24, 2.45) is 4.40 Å². The van der Waals surface area contributed by atoms with Crippen molar-refractivity contribution in [2.45, 2.75) is 25.2 Å². The SMILES string of the molecule is Cc1ccc(N(C)/C(Cc2ccccc2)=N\S(=O)(=O)c2ccc(C)cc2)cc1. The summed E-state index contributed by atoms with van der Waals surface area (Å²) in [6, 6.07) is 24.4. The summed E-state index contributed by atoms with van der Waals surface area (Å²) >= 11 is 0. The van der Waals surface area contributed by atoms with Crippen molar-refractivity contribution in [3.8, 4) is 0 Å². The Bertz CT molecular complexity index is 1060. The molecule has 3 rings (SSSR count). The van der Waals surface area contributed by atoms with E-state index >= 15 is 0 Å². The lowest BCUT2D eigenvalue weighted by molar-refractivity contribution is 0.598. The van der Waals surface area contributed by atoms with Gasteiger partial charge in [0.2, 0.25) is 0 Å². The van der Waals surface area contributed by atoms with Gasteiger partial charge in [-0.3, -0.25) is 0 Å². The molecule has 3 aromatic rings. The minimum Gasteiger partial charge on any atom is -0.332 e. The Labute approximate surface area is 167 Å². The highest BCUT2D eigenvalue weighted by Crippen LogP contribution is 2.19. The van der Waals surface area contributed by atoms with Crippen LogP contribution in [0.15, 0.2) is 88.2 Å². The third-order valence-corrected chi connectivity index (χ3v) is 5.88. The minimum atomic E-state index is -3.81. The van der Waals surface area contributed by atoms with Crippen LogP contribution in [0.5, 0.6) is 0 Å². The Hall–Kier alpha value is -2.92. The third-order valence-electron chi connectivity index (χ3n) is 4.56. The molecule has 0 aliphatic carbocycles.